The van der Waals surface area contributed by atoms with Gasteiger partial charge in [0.1, 0.15) is 29.1 Å². The van der Waals surface area contributed by atoms with Crippen LogP contribution in [0.2, 0.25) is 0 Å². The summed E-state index contributed by atoms with van der Waals surface area (Å²) in [6.07, 6.45) is -0.912. The molecule has 1 aromatic heterocycles. The fourth-order valence-corrected chi connectivity index (χ4v) is 1.89. The van der Waals surface area contributed by atoms with Crippen molar-refractivity contribution in [3.8, 4) is 11.5 Å². The molecule has 96 valence electrons. The summed E-state index contributed by atoms with van der Waals surface area (Å²) in [5, 5.41) is 10.4. The molecule has 0 aliphatic heterocycles. The number of ether oxygens (including phenoxy) is 2. The van der Waals surface area contributed by atoms with Gasteiger partial charge in [-0.05, 0) is 31.2 Å². The summed E-state index contributed by atoms with van der Waals surface area (Å²) in [6.45, 7) is 1.83. The standard InChI is InChI=1S/C14H16O4/c1-9-7-8-12(18-9)14(15)13-10(16-2)5-4-6-11(13)17-3/h4-8,14-15H,1-3H3. The first-order valence-electron chi connectivity index (χ1n) is 5.62. The van der Waals surface area contributed by atoms with Crippen LogP contribution in [0, 0.1) is 6.92 Å². The minimum Gasteiger partial charge on any atom is -0.496 e. The largest absolute Gasteiger partial charge is 0.496 e. The summed E-state index contributed by atoms with van der Waals surface area (Å²) in [5.41, 5.74) is 0.567. The van der Waals surface area contributed by atoms with Crippen LogP contribution >= 0.6 is 0 Å². The molecule has 2 aromatic rings. The lowest BCUT2D eigenvalue weighted by Gasteiger charge is -2.16. The molecule has 0 aliphatic rings. The first-order valence-corrected chi connectivity index (χ1v) is 5.62. The number of aryl methyl sites for hydroxylation is 1. The van der Waals surface area contributed by atoms with Crippen molar-refractivity contribution in [2.24, 2.45) is 0 Å². The molecule has 0 radical (unpaired) electrons. The third-order valence-electron chi connectivity index (χ3n) is 2.77. The molecule has 0 spiro atoms. The molecule has 0 aliphatic carbocycles. The van der Waals surface area contributed by atoms with E-state index in [0.29, 0.717) is 22.8 Å². The molecule has 2 rings (SSSR count). The fourth-order valence-electron chi connectivity index (χ4n) is 1.89. The average Bonchev–Trinajstić information content (AvgIpc) is 2.83. The van der Waals surface area contributed by atoms with Gasteiger partial charge in [-0.1, -0.05) is 6.07 Å². The van der Waals surface area contributed by atoms with Gasteiger partial charge in [-0.15, -0.1) is 0 Å². The highest BCUT2D eigenvalue weighted by atomic mass is 16.5. The number of furan rings is 1. The molecule has 0 saturated carbocycles. The highest BCUT2D eigenvalue weighted by Crippen LogP contribution is 2.37. The number of rotatable bonds is 4. The van der Waals surface area contributed by atoms with E-state index in [0.717, 1.165) is 5.76 Å². The Kier molecular flexibility index (Phi) is 3.58. The van der Waals surface area contributed by atoms with Crippen LogP contribution in [-0.2, 0) is 0 Å². The number of benzene rings is 1. The van der Waals surface area contributed by atoms with E-state index in [1.807, 2.05) is 6.92 Å². The van der Waals surface area contributed by atoms with Crippen LogP contribution in [0.4, 0.5) is 0 Å². The maximum absolute atomic E-state index is 10.4. The van der Waals surface area contributed by atoms with Crippen molar-refractivity contribution in [2.45, 2.75) is 13.0 Å². The summed E-state index contributed by atoms with van der Waals surface area (Å²) < 4.78 is 15.9. The lowest BCUT2D eigenvalue weighted by Crippen LogP contribution is -2.04. The van der Waals surface area contributed by atoms with Crippen molar-refractivity contribution >= 4 is 0 Å². The zero-order valence-corrected chi connectivity index (χ0v) is 10.6. The second kappa shape index (κ2) is 5.14. The van der Waals surface area contributed by atoms with E-state index in [4.69, 9.17) is 13.9 Å². The maximum atomic E-state index is 10.4. The molecule has 1 unspecified atom stereocenters. The SMILES string of the molecule is COc1cccc(OC)c1C(O)c1ccc(C)o1. The van der Waals surface area contributed by atoms with E-state index in [1.54, 1.807) is 44.6 Å². The van der Waals surface area contributed by atoms with Crippen molar-refractivity contribution in [1.29, 1.82) is 0 Å². The Morgan fingerprint density at radius 1 is 1.06 bits per heavy atom. The van der Waals surface area contributed by atoms with Crippen LogP contribution in [0.15, 0.2) is 34.7 Å². The predicted molar refractivity (Wildman–Crippen MR) is 67.1 cm³/mol. The summed E-state index contributed by atoms with van der Waals surface area (Å²) in [5.74, 6) is 2.35. The number of hydrogen-bond donors (Lipinski definition) is 1. The summed E-state index contributed by atoms with van der Waals surface area (Å²) in [6, 6.07) is 8.90. The monoisotopic (exact) mass is 248 g/mol. The van der Waals surface area contributed by atoms with Gasteiger partial charge in [-0.3, -0.25) is 0 Å². The van der Waals surface area contributed by atoms with Gasteiger partial charge in [0, 0.05) is 0 Å². The van der Waals surface area contributed by atoms with E-state index < -0.39 is 6.10 Å². The van der Waals surface area contributed by atoms with Crippen LogP contribution in [-0.4, -0.2) is 19.3 Å². The quantitative estimate of drug-likeness (QED) is 0.903. The zero-order valence-electron chi connectivity index (χ0n) is 10.6. The molecule has 0 saturated heterocycles. The van der Waals surface area contributed by atoms with Crippen molar-refractivity contribution in [3.05, 3.63) is 47.4 Å². The second-order valence-electron chi connectivity index (χ2n) is 3.93. The molecule has 1 heterocycles. The van der Waals surface area contributed by atoms with Gasteiger partial charge in [0.2, 0.25) is 0 Å². The summed E-state index contributed by atoms with van der Waals surface area (Å²) in [7, 11) is 3.11. The molecule has 18 heavy (non-hydrogen) atoms. The van der Waals surface area contributed by atoms with Gasteiger partial charge < -0.3 is 19.0 Å². The molecule has 4 heteroatoms. The van der Waals surface area contributed by atoms with Crippen LogP contribution in [0.1, 0.15) is 23.2 Å². The highest BCUT2D eigenvalue weighted by Gasteiger charge is 2.22. The minimum absolute atomic E-state index is 0.468. The Morgan fingerprint density at radius 2 is 1.67 bits per heavy atom. The Balaban J connectivity index is 2.48. The van der Waals surface area contributed by atoms with Crippen molar-refractivity contribution in [2.75, 3.05) is 14.2 Å². The minimum atomic E-state index is -0.912. The zero-order chi connectivity index (χ0) is 13.1. The third-order valence-corrected chi connectivity index (χ3v) is 2.77. The van der Waals surface area contributed by atoms with Crippen LogP contribution in [0.5, 0.6) is 11.5 Å². The van der Waals surface area contributed by atoms with Gasteiger partial charge in [-0.2, -0.15) is 0 Å². The van der Waals surface area contributed by atoms with Crippen molar-refractivity contribution in [3.63, 3.8) is 0 Å². The molecular weight excluding hydrogens is 232 g/mol. The van der Waals surface area contributed by atoms with Crippen LogP contribution in [0.25, 0.3) is 0 Å². The summed E-state index contributed by atoms with van der Waals surface area (Å²) >= 11 is 0. The Morgan fingerprint density at radius 3 is 2.11 bits per heavy atom. The third kappa shape index (κ3) is 2.19. The first-order chi connectivity index (χ1) is 8.67. The summed E-state index contributed by atoms with van der Waals surface area (Å²) in [4.78, 5) is 0. The maximum Gasteiger partial charge on any atom is 0.144 e. The van der Waals surface area contributed by atoms with E-state index in [-0.39, 0.29) is 0 Å². The normalized spacial score (nSPS) is 12.2. The first kappa shape index (κ1) is 12.5. The number of methoxy groups -OCH3 is 2. The highest BCUT2D eigenvalue weighted by molar-refractivity contribution is 5.48. The van der Waals surface area contributed by atoms with Gasteiger partial charge in [0.25, 0.3) is 0 Å². The topological polar surface area (TPSA) is 51.8 Å². The van der Waals surface area contributed by atoms with E-state index in [2.05, 4.69) is 0 Å². The molecule has 1 aromatic carbocycles. The molecule has 0 bridgehead atoms. The lowest BCUT2D eigenvalue weighted by molar-refractivity contribution is 0.179. The second-order valence-corrected chi connectivity index (χ2v) is 3.93. The van der Waals surface area contributed by atoms with Crippen molar-refractivity contribution in [1.82, 2.24) is 0 Å². The lowest BCUT2D eigenvalue weighted by atomic mass is 10.0. The molecule has 4 nitrogen and oxygen atoms in total. The Bertz CT molecular complexity index is 508. The van der Waals surface area contributed by atoms with Gasteiger partial charge in [-0.25, -0.2) is 0 Å². The molecule has 0 fully saturated rings. The molecule has 1 N–H and O–H groups in total. The number of hydrogen-bond acceptors (Lipinski definition) is 4. The van der Waals surface area contributed by atoms with Crippen LogP contribution in [0.3, 0.4) is 0 Å². The smallest absolute Gasteiger partial charge is 0.144 e. The van der Waals surface area contributed by atoms with E-state index in [1.165, 1.54) is 0 Å². The van der Waals surface area contributed by atoms with E-state index >= 15 is 0 Å². The number of aliphatic hydroxyl groups is 1. The van der Waals surface area contributed by atoms with Crippen LogP contribution < -0.4 is 9.47 Å². The molecular formula is C14H16O4. The Labute approximate surface area is 106 Å². The predicted octanol–water partition coefficient (Wildman–Crippen LogP) is 2.69. The van der Waals surface area contributed by atoms with Gasteiger partial charge >= 0.3 is 0 Å². The van der Waals surface area contributed by atoms with Gasteiger partial charge in [0.15, 0.2) is 0 Å². The molecule has 0 amide bonds. The van der Waals surface area contributed by atoms with E-state index in [9.17, 15) is 5.11 Å². The molecule has 1 atom stereocenters. The Hall–Kier alpha value is -1.94. The average molecular weight is 248 g/mol. The number of aliphatic hydroxyl groups excluding tert-OH is 1. The van der Waals surface area contributed by atoms with Gasteiger partial charge in [0.05, 0.1) is 19.8 Å². The fraction of sp³-hybridized carbons (Fsp3) is 0.286. The van der Waals surface area contributed by atoms with Crippen molar-refractivity contribution < 1.29 is 19.0 Å².